The van der Waals surface area contributed by atoms with E-state index in [4.69, 9.17) is 5.73 Å². The standard InChI is InChI=1S/C14H19N3/c1-4-17-6-5-16-14(17)13(15)12-8-10(2)7-11(3)9-12/h5-9,13H,4,15H2,1-3H3. The number of benzene rings is 1. The molecule has 3 heteroatoms. The molecule has 0 bridgehead atoms. The highest BCUT2D eigenvalue weighted by atomic mass is 15.1. The summed E-state index contributed by atoms with van der Waals surface area (Å²) in [7, 11) is 0. The fourth-order valence-electron chi connectivity index (χ4n) is 2.21. The van der Waals surface area contributed by atoms with Crippen molar-refractivity contribution < 1.29 is 0 Å². The predicted molar refractivity (Wildman–Crippen MR) is 69.8 cm³/mol. The molecule has 2 aromatic rings. The fourth-order valence-corrected chi connectivity index (χ4v) is 2.21. The summed E-state index contributed by atoms with van der Waals surface area (Å²) in [6, 6.07) is 6.27. The monoisotopic (exact) mass is 229 g/mol. The highest BCUT2D eigenvalue weighted by molar-refractivity contribution is 5.33. The van der Waals surface area contributed by atoms with Crippen molar-refractivity contribution in [1.29, 1.82) is 0 Å². The minimum absolute atomic E-state index is 0.149. The maximum Gasteiger partial charge on any atom is 0.130 e. The van der Waals surface area contributed by atoms with Crippen LogP contribution in [0.5, 0.6) is 0 Å². The molecular weight excluding hydrogens is 210 g/mol. The van der Waals surface area contributed by atoms with E-state index in [1.807, 2.05) is 6.20 Å². The van der Waals surface area contributed by atoms with Crippen LogP contribution in [0.15, 0.2) is 30.6 Å². The molecule has 1 unspecified atom stereocenters. The van der Waals surface area contributed by atoms with Gasteiger partial charge in [0.1, 0.15) is 5.82 Å². The zero-order valence-corrected chi connectivity index (χ0v) is 10.6. The molecule has 0 spiro atoms. The number of aromatic nitrogens is 2. The Hall–Kier alpha value is -1.61. The molecule has 1 aromatic carbocycles. The number of hydrogen-bond acceptors (Lipinski definition) is 2. The molecular formula is C14H19N3. The van der Waals surface area contributed by atoms with Crippen molar-refractivity contribution >= 4 is 0 Å². The van der Waals surface area contributed by atoms with Crippen LogP contribution in [0.2, 0.25) is 0 Å². The first-order valence-corrected chi connectivity index (χ1v) is 5.96. The summed E-state index contributed by atoms with van der Waals surface area (Å²) in [5, 5.41) is 0. The maximum atomic E-state index is 6.29. The molecule has 1 heterocycles. The SMILES string of the molecule is CCn1ccnc1C(N)c1cc(C)cc(C)c1. The lowest BCUT2D eigenvalue weighted by Gasteiger charge is -2.14. The average Bonchev–Trinajstić information content (AvgIpc) is 2.74. The minimum atomic E-state index is -0.149. The number of aryl methyl sites for hydroxylation is 3. The molecule has 0 aliphatic carbocycles. The van der Waals surface area contributed by atoms with Gasteiger partial charge in [0.2, 0.25) is 0 Å². The average molecular weight is 229 g/mol. The van der Waals surface area contributed by atoms with Gasteiger partial charge in [0.15, 0.2) is 0 Å². The van der Waals surface area contributed by atoms with Crippen molar-refractivity contribution in [3.8, 4) is 0 Å². The Morgan fingerprint density at radius 3 is 2.47 bits per heavy atom. The van der Waals surface area contributed by atoms with Gasteiger partial charge in [-0.2, -0.15) is 0 Å². The predicted octanol–water partition coefficient (Wildman–Crippen LogP) is 2.57. The Kier molecular flexibility index (Phi) is 3.29. The first-order chi connectivity index (χ1) is 8.11. The van der Waals surface area contributed by atoms with Gasteiger partial charge in [-0.1, -0.05) is 29.3 Å². The minimum Gasteiger partial charge on any atom is -0.334 e. The highest BCUT2D eigenvalue weighted by Crippen LogP contribution is 2.20. The summed E-state index contributed by atoms with van der Waals surface area (Å²) < 4.78 is 2.09. The van der Waals surface area contributed by atoms with Crippen LogP contribution in [0.3, 0.4) is 0 Å². The molecule has 2 N–H and O–H groups in total. The van der Waals surface area contributed by atoms with Gasteiger partial charge < -0.3 is 10.3 Å². The van der Waals surface area contributed by atoms with Crippen LogP contribution in [-0.2, 0) is 6.54 Å². The second-order valence-corrected chi connectivity index (χ2v) is 4.47. The number of rotatable bonds is 3. The fraction of sp³-hybridized carbons (Fsp3) is 0.357. The van der Waals surface area contributed by atoms with E-state index in [0.717, 1.165) is 17.9 Å². The van der Waals surface area contributed by atoms with Crippen molar-refractivity contribution in [1.82, 2.24) is 9.55 Å². The van der Waals surface area contributed by atoms with Gasteiger partial charge in [0.25, 0.3) is 0 Å². The molecule has 3 nitrogen and oxygen atoms in total. The molecule has 0 aliphatic heterocycles. The number of nitrogens with two attached hydrogens (primary N) is 1. The summed E-state index contributed by atoms with van der Waals surface area (Å²) in [4.78, 5) is 4.36. The molecule has 0 fully saturated rings. The van der Waals surface area contributed by atoms with E-state index in [9.17, 15) is 0 Å². The lowest BCUT2D eigenvalue weighted by atomic mass is 10.0. The quantitative estimate of drug-likeness (QED) is 0.879. The van der Waals surface area contributed by atoms with E-state index in [1.165, 1.54) is 11.1 Å². The molecule has 17 heavy (non-hydrogen) atoms. The molecule has 90 valence electrons. The topological polar surface area (TPSA) is 43.8 Å². The second kappa shape index (κ2) is 4.72. The Labute approximate surface area is 102 Å². The summed E-state index contributed by atoms with van der Waals surface area (Å²) >= 11 is 0. The van der Waals surface area contributed by atoms with Crippen LogP contribution in [0.25, 0.3) is 0 Å². The zero-order chi connectivity index (χ0) is 12.4. The summed E-state index contributed by atoms with van der Waals surface area (Å²) in [5.74, 6) is 0.928. The molecule has 1 aromatic heterocycles. The van der Waals surface area contributed by atoms with Crippen molar-refractivity contribution in [2.24, 2.45) is 5.73 Å². The van der Waals surface area contributed by atoms with Crippen LogP contribution >= 0.6 is 0 Å². The zero-order valence-electron chi connectivity index (χ0n) is 10.6. The lowest BCUT2D eigenvalue weighted by molar-refractivity contribution is 0.656. The Bertz CT molecular complexity index is 494. The Morgan fingerprint density at radius 1 is 1.24 bits per heavy atom. The largest absolute Gasteiger partial charge is 0.334 e. The molecule has 2 rings (SSSR count). The first-order valence-electron chi connectivity index (χ1n) is 5.96. The van der Waals surface area contributed by atoms with Gasteiger partial charge in [-0.05, 0) is 26.3 Å². The van der Waals surface area contributed by atoms with Crippen LogP contribution in [-0.4, -0.2) is 9.55 Å². The third-order valence-electron chi connectivity index (χ3n) is 2.97. The number of nitrogens with zero attached hydrogens (tertiary/aromatic N) is 2. The third-order valence-corrected chi connectivity index (χ3v) is 2.97. The van der Waals surface area contributed by atoms with E-state index in [1.54, 1.807) is 6.20 Å². The Balaban J connectivity index is 2.39. The van der Waals surface area contributed by atoms with E-state index >= 15 is 0 Å². The third kappa shape index (κ3) is 2.39. The smallest absolute Gasteiger partial charge is 0.130 e. The van der Waals surface area contributed by atoms with Crippen molar-refractivity contribution in [2.45, 2.75) is 33.4 Å². The van der Waals surface area contributed by atoms with E-state index in [0.29, 0.717) is 0 Å². The van der Waals surface area contributed by atoms with Gasteiger partial charge in [-0.25, -0.2) is 4.98 Å². The van der Waals surface area contributed by atoms with E-state index in [2.05, 4.69) is 48.5 Å². The summed E-state index contributed by atoms with van der Waals surface area (Å²) in [6.07, 6.45) is 3.78. The summed E-state index contributed by atoms with van der Waals surface area (Å²) in [5.41, 5.74) is 9.90. The molecule has 0 saturated heterocycles. The second-order valence-electron chi connectivity index (χ2n) is 4.47. The van der Waals surface area contributed by atoms with E-state index in [-0.39, 0.29) is 6.04 Å². The molecule has 0 saturated carbocycles. The normalized spacial score (nSPS) is 12.7. The summed E-state index contributed by atoms with van der Waals surface area (Å²) in [6.45, 7) is 7.18. The van der Waals surface area contributed by atoms with Gasteiger partial charge in [-0.3, -0.25) is 0 Å². The van der Waals surface area contributed by atoms with Gasteiger partial charge in [-0.15, -0.1) is 0 Å². The number of imidazole rings is 1. The van der Waals surface area contributed by atoms with Crippen LogP contribution in [0.4, 0.5) is 0 Å². The van der Waals surface area contributed by atoms with Crippen molar-refractivity contribution in [2.75, 3.05) is 0 Å². The van der Waals surface area contributed by atoms with Crippen LogP contribution in [0, 0.1) is 13.8 Å². The lowest BCUT2D eigenvalue weighted by Crippen LogP contribution is -2.17. The van der Waals surface area contributed by atoms with Gasteiger partial charge >= 0.3 is 0 Å². The molecule has 0 radical (unpaired) electrons. The highest BCUT2D eigenvalue weighted by Gasteiger charge is 2.14. The Morgan fingerprint density at radius 2 is 1.88 bits per heavy atom. The van der Waals surface area contributed by atoms with Crippen molar-refractivity contribution in [3.63, 3.8) is 0 Å². The van der Waals surface area contributed by atoms with Crippen LogP contribution < -0.4 is 5.73 Å². The molecule has 1 atom stereocenters. The van der Waals surface area contributed by atoms with Gasteiger partial charge in [0, 0.05) is 18.9 Å². The van der Waals surface area contributed by atoms with Gasteiger partial charge in [0.05, 0.1) is 6.04 Å². The number of hydrogen-bond donors (Lipinski definition) is 1. The van der Waals surface area contributed by atoms with E-state index < -0.39 is 0 Å². The maximum absolute atomic E-state index is 6.29. The van der Waals surface area contributed by atoms with Crippen molar-refractivity contribution in [3.05, 3.63) is 53.1 Å². The molecule has 0 aliphatic rings. The van der Waals surface area contributed by atoms with Crippen LogP contribution in [0.1, 0.15) is 35.5 Å². The first kappa shape index (κ1) is 11.9. The molecule has 0 amide bonds.